The fourth-order valence-corrected chi connectivity index (χ4v) is 4.16. The number of benzene rings is 2. The maximum Gasteiger partial charge on any atom is 0.247 e. The van der Waals surface area contributed by atoms with Crippen LogP contribution in [0.4, 0.5) is 11.6 Å². The Morgan fingerprint density at radius 2 is 1.82 bits per heavy atom. The summed E-state index contributed by atoms with van der Waals surface area (Å²) in [6.45, 7) is 1.90. The maximum atomic E-state index is 12.9. The first-order valence-electron chi connectivity index (χ1n) is 8.63. The van der Waals surface area contributed by atoms with Crippen LogP contribution in [0.5, 0.6) is 0 Å². The van der Waals surface area contributed by atoms with Gasteiger partial charge in [-0.1, -0.05) is 72.2 Å². The van der Waals surface area contributed by atoms with Crippen LogP contribution in [-0.4, -0.2) is 20.7 Å². The zero-order valence-electron chi connectivity index (χ0n) is 15.1. The van der Waals surface area contributed by atoms with Gasteiger partial charge in [0.15, 0.2) is 5.16 Å². The Hall–Kier alpha value is -2.22. The average Bonchev–Trinajstić information content (AvgIpc) is 3.04. The van der Waals surface area contributed by atoms with E-state index in [1.165, 1.54) is 11.8 Å². The predicted molar refractivity (Wildman–Crippen MR) is 115 cm³/mol. The molecule has 1 amide bonds. The molecule has 0 aliphatic rings. The largest absolute Gasteiger partial charge is 0.368 e. The van der Waals surface area contributed by atoms with Gasteiger partial charge in [0, 0.05) is 10.8 Å². The summed E-state index contributed by atoms with van der Waals surface area (Å²) in [7, 11) is 0. The molecule has 28 heavy (non-hydrogen) atoms. The molecule has 1 atom stereocenters. The molecule has 1 aromatic heterocycles. The number of hydrogen-bond donors (Lipinski definition) is 2. The molecule has 0 fully saturated rings. The number of carbonyl (C=O) groups excluding carboxylic acids is 1. The predicted octanol–water partition coefficient (Wildman–Crippen LogP) is 5.05. The summed E-state index contributed by atoms with van der Waals surface area (Å²) < 4.78 is 1.65. The molecule has 3 rings (SSSR count). The lowest BCUT2D eigenvalue weighted by Gasteiger charge is -2.19. The molecule has 0 radical (unpaired) electrons. The molecular weight excluding hydrogens is 417 g/mol. The zero-order chi connectivity index (χ0) is 20.1. The van der Waals surface area contributed by atoms with Gasteiger partial charge in [0.25, 0.3) is 0 Å². The number of thioether (sulfide) groups is 1. The van der Waals surface area contributed by atoms with Crippen LogP contribution < -0.4 is 11.1 Å². The van der Waals surface area contributed by atoms with Crippen LogP contribution >= 0.6 is 35.0 Å². The number of rotatable bonds is 7. The summed E-state index contributed by atoms with van der Waals surface area (Å²) in [5.74, 6) is 0.532. The van der Waals surface area contributed by atoms with Gasteiger partial charge in [-0.3, -0.25) is 9.36 Å². The highest BCUT2D eigenvalue weighted by Crippen LogP contribution is 2.30. The van der Waals surface area contributed by atoms with E-state index < -0.39 is 6.04 Å². The van der Waals surface area contributed by atoms with Crippen molar-refractivity contribution in [2.45, 2.75) is 30.3 Å². The second-order valence-corrected chi connectivity index (χ2v) is 7.74. The van der Waals surface area contributed by atoms with Gasteiger partial charge in [0.05, 0.1) is 10.7 Å². The van der Waals surface area contributed by atoms with Crippen LogP contribution in [0, 0.1) is 0 Å². The fourth-order valence-electron chi connectivity index (χ4n) is 2.70. The van der Waals surface area contributed by atoms with Crippen LogP contribution in [-0.2, 0) is 10.5 Å². The monoisotopic (exact) mass is 435 g/mol. The van der Waals surface area contributed by atoms with Crippen molar-refractivity contribution >= 4 is 52.5 Å². The summed E-state index contributed by atoms with van der Waals surface area (Å²) in [4.78, 5) is 12.9. The van der Waals surface area contributed by atoms with Gasteiger partial charge in [0.1, 0.15) is 6.04 Å². The summed E-state index contributed by atoms with van der Waals surface area (Å²) in [6, 6.07) is 14.1. The van der Waals surface area contributed by atoms with Crippen LogP contribution in [0.2, 0.25) is 10.0 Å². The van der Waals surface area contributed by atoms with Crippen molar-refractivity contribution in [2.24, 2.45) is 0 Å². The molecule has 0 spiro atoms. The topological polar surface area (TPSA) is 85.8 Å². The summed E-state index contributed by atoms with van der Waals surface area (Å²) >= 11 is 13.8. The molecule has 3 N–H and O–H groups in total. The van der Waals surface area contributed by atoms with Gasteiger partial charge >= 0.3 is 0 Å². The first kappa shape index (κ1) is 20.5. The minimum atomic E-state index is -0.569. The lowest BCUT2D eigenvalue weighted by Crippen LogP contribution is -2.27. The Morgan fingerprint density at radius 3 is 2.50 bits per heavy atom. The molecule has 2 aromatic carbocycles. The SMILES string of the molecule is CCC(C(=O)Nc1ccccc1Cl)n1c(N)nnc1SCc1ccccc1Cl. The van der Waals surface area contributed by atoms with E-state index in [0.29, 0.717) is 33.1 Å². The number of nitrogens with one attached hydrogen (secondary N) is 1. The second kappa shape index (κ2) is 9.32. The number of para-hydroxylation sites is 1. The third-order valence-electron chi connectivity index (χ3n) is 4.14. The highest BCUT2D eigenvalue weighted by Gasteiger charge is 2.25. The minimum Gasteiger partial charge on any atom is -0.368 e. The molecule has 0 aliphatic heterocycles. The molecule has 3 aromatic rings. The van der Waals surface area contributed by atoms with Crippen molar-refractivity contribution in [3.8, 4) is 0 Å². The highest BCUT2D eigenvalue weighted by atomic mass is 35.5. The number of anilines is 2. The minimum absolute atomic E-state index is 0.183. The normalized spacial score (nSPS) is 12.0. The number of halogens is 2. The molecule has 1 unspecified atom stereocenters. The quantitative estimate of drug-likeness (QED) is 0.507. The lowest BCUT2D eigenvalue weighted by atomic mass is 10.2. The van der Waals surface area contributed by atoms with E-state index in [0.717, 1.165) is 5.56 Å². The van der Waals surface area contributed by atoms with Gasteiger partial charge in [0.2, 0.25) is 11.9 Å². The Morgan fingerprint density at radius 1 is 1.14 bits per heavy atom. The van der Waals surface area contributed by atoms with E-state index >= 15 is 0 Å². The van der Waals surface area contributed by atoms with Crippen LogP contribution in [0.3, 0.4) is 0 Å². The first-order valence-corrected chi connectivity index (χ1v) is 10.4. The van der Waals surface area contributed by atoms with Gasteiger partial charge in [-0.2, -0.15) is 0 Å². The van der Waals surface area contributed by atoms with E-state index in [9.17, 15) is 4.79 Å². The molecule has 0 bridgehead atoms. The number of amides is 1. The Bertz CT molecular complexity index is 978. The van der Waals surface area contributed by atoms with E-state index in [1.807, 2.05) is 31.2 Å². The number of carbonyl (C=O) groups is 1. The summed E-state index contributed by atoms with van der Waals surface area (Å²) in [6.07, 6.45) is 0.512. The van der Waals surface area contributed by atoms with Gasteiger partial charge in [-0.05, 0) is 30.2 Å². The number of nitrogen functional groups attached to an aromatic ring is 1. The van der Waals surface area contributed by atoms with Crippen molar-refractivity contribution in [3.63, 3.8) is 0 Å². The first-order chi connectivity index (χ1) is 13.5. The number of nitrogens with two attached hydrogens (primary N) is 1. The number of hydrogen-bond acceptors (Lipinski definition) is 5. The Labute approximate surface area is 177 Å². The van der Waals surface area contributed by atoms with Crippen LogP contribution in [0.1, 0.15) is 24.9 Å². The molecule has 0 saturated carbocycles. The van der Waals surface area contributed by atoms with Crippen LogP contribution in [0.25, 0.3) is 0 Å². The molecule has 6 nitrogen and oxygen atoms in total. The molecule has 0 aliphatic carbocycles. The van der Waals surface area contributed by atoms with Gasteiger partial charge < -0.3 is 11.1 Å². The van der Waals surface area contributed by atoms with Crippen molar-refractivity contribution in [1.29, 1.82) is 0 Å². The third-order valence-corrected chi connectivity index (χ3v) is 5.83. The van der Waals surface area contributed by atoms with E-state index in [4.69, 9.17) is 28.9 Å². The van der Waals surface area contributed by atoms with Crippen molar-refractivity contribution in [2.75, 3.05) is 11.1 Å². The summed E-state index contributed by atoms with van der Waals surface area (Å²) in [5.41, 5.74) is 7.54. The maximum absolute atomic E-state index is 12.9. The molecular formula is C19H19Cl2N5OS. The highest BCUT2D eigenvalue weighted by molar-refractivity contribution is 7.98. The number of nitrogens with zero attached hydrogens (tertiary/aromatic N) is 3. The number of aromatic nitrogens is 3. The molecule has 0 saturated heterocycles. The van der Waals surface area contributed by atoms with E-state index in [1.54, 1.807) is 28.8 Å². The van der Waals surface area contributed by atoms with E-state index in [-0.39, 0.29) is 11.9 Å². The van der Waals surface area contributed by atoms with Gasteiger partial charge in [-0.15, -0.1) is 10.2 Å². The third kappa shape index (κ3) is 4.60. The van der Waals surface area contributed by atoms with Gasteiger partial charge in [-0.25, -0.2) is 0 Å². The average molecular weight is 436 g/mol. The molecule has 9 heteroatoms. The zero-order valence-corrected chi connectivity index (χ0v) is 17.4. The van der Waals surface area contributed by atoms with Crippen molar-refractivity contribution < 1.29 is 4.79 Å². The van der Waals surface area contributed by atoms with Crippen LogP contribution in [0.15, 0.2) is 53.7 Å². The Kier molecular flexibility index (Phi) is 6.83. The molecule has 146 valence electrons. The van der Waals surface area contributed by atoms with E-state index in [2.05, 4.69) is 15.5 Å². The standard InChI is InChI=1S/C19H19Cl2N5OS/c1-2-16(17(27)23-15-10-6-5-9-14(15)21)26-18(22)24-25-19(26)28-11-12-7-3-4-8-13(12)20/h3-10,16H,2,11H2,1H3,(H2,22,24)(H,23,27). The van der Waals surface area contributed by atoms with Crippen molar-refractivity contribution in [1.82, 2.24) is 14.8 Å². The smallest absolute Gasteiger partial charge is 0.247 e. The Balaban J connectivity index is 1.81. The lowest BCUT2D eigenvalue weighted by molar-refractivity contribution is -0.119. The van der Waals surface area contributed by atoms with Crippen molar-refractivity contribution in [3.05, 3.63) is 64.1 Å². The fraction of sp³-hybridized carbons (Fsp3) is 0.211. The molecule has 1 heterocycles. The second-order valence-electron chi connectivity index (χ2n) is 5.98. The summed E-state index contributed by atoms with van der Waals surface area (Å²) in [5, 5.41) is 12.7.